The van der Waals surface area contributed by atoms with Gasteiger partial charge in [-0.05, 0) is 81.6 Å². The van der Waals surface area contributed by atoms with Crippen LogP contribution < -0.4 is 0 Å². The van der Waals surface area contributed by atoms with Crippen LogP contribution in [0.1, 0.15) is 65.7 Å². The summed E-state index contributed by atoms with van der Waals surface area (Å²) in [4.78, 5) is 36.8. The average Bonchev–Trinajstić information content (AvgIpc) is 2.86. The number of carbonyl (C=O) groups is 3. The Hall–Kier alpha value is -1.25. The minimum Gasteiger partial charge on any atom is -0.300 e. The van der Waals surface area contributed by atoms with Gasteiger partial charge in [0, 0.05) is 5.92 Å². The van der Waals surface area contributed by atoms with Crippen molar-refractivity contribution < 1.29 is 14.4 Å². The van der Waals surface area contributed by atoms with E-state index in [0.717, 1.165) is 44.1 Å². The zero-order valence-corrected chi connectivity index (χ0v) is 15.1. The van der Waals surface area contributed by atoms with Gasteiger partial charge >= 0.3 is 0 Å². The molecule has 6 atom stereocenters. The molecule has 0 aliphatic heterocycles. The van der Waals surface area contributed by atoms with Gasteiger partial charge in [0.2, 0.25) is 0 Å². The molecule has 3 saturated carbocycles. The summed E-state index contributed by atoms with van der Waals surface area (Å²) in [5.41, 5.74) is 0.791. The van der Waals surface area contributed by atoms with E-state index in [2.05, 4.69) is 13.8 Å². The van der Waals surface area contributed by atoms with Crippen LogP contribution in [0, 0.1) is 34.5 Å². The van der Waals surface area contributed by atoms with Gasteiger partial charge in [0.25, 0.3) is 0 Å². The third kappa shape index (κ3) is 1.93. The van der Waals surface area contributed by atoms with E-state index in [0.29, 0.717) is 23.5 Å². The van der Waals surface area contributed by atoms with E-state index in [9.17, 15) is 14.4 Å². The highest BCUT2D eigenvalue weighted by molar-refractivity contribution is 6.11. The van der Waals surface area contributed by atoms with Gasteiger partial charge < -0.3 is 0 Å². The van der Waals surface area contributed by atoms with Crippen LogP contribution in [0.25, 0.3) is 0 Å². The van der Waals surface area contributed by atoms with Crippen molar-refractivity contribution in [2.75, 3.05) is 0 Å². The van der Waals surface area contributed by atoms with E-state index in [1.54, 1.807) is 13.0 Å². The average molecular weight is 328 g/mol. The molecular weight excluding hydrogens is 300 g/mol. The first-order valence-corrected chi connectivity index (χ1v) is 9.56. The van der Waals surface area contributed by atoms with Crippen molar-refractivity contribution >= 4 is 17.3 Å². The summed E-state index contributed by atoms with van der Waals surface area (Å²) in [6, 6.07) is 0. The van der Waals surface area contributed by atoms with E-state index >= 15 is 0 Å². The van der Waals surface area contributed by atoms with E-state index < -0.39 is 5.41 Å². The molecule has 0 amide bonds. The molecule has 0 N–H and O–H groups in total. The van der Waals surface area contributed by atoms with E-state index in [4.69, 9.17) is 0 Å². The molecule has 0 aromatic heterocycles. The number of hydrogen-bond donors (Lipinski definition) is 0. The third-order valence-corrected chi connectivity index (χ3v) is 8.33. The summed E-state index contributed by atoms with van der Waals surface area (Å²) < 4.78 is 0. The number of Topliss-reactive ketones (excluding diaryl/α,β-unsaturated/α-hetero) is 2. The number of fused-ring (bicyclic) bond motifs is 5. The molecule has 3 nitrogen and oxygen atoms in total. The predicted octanol–water partition coefficient (Wildman–Crippen LogP) is 3.90. The molecule has 4 aliphatic rings. The van der Waals surface area contributed by atoms with Crippen LogP contribution in [0.3, 0.4) is 0 Å². The van der Waals surface area contributed by atoms with Crippen LogP contribution >= 0.6 is 0 Å². The first-order chi connectivity index (χ1) is 11.3. The highest BCUT2D eigenvalue weighted by atomic mass is 16.2. The summed E-state index contributed by atoms with van der Waals surface area (Å²) in [6.07, 6.45) is 8.04. The van der Waals surface area contributed by atoms with E-state index in [1.165, 1.54) is 0 Å². The molecule has 0 unspecified atom stereocenters. The number of hydrogen-bond acceptors (Lipinski definition) is 3. The molecule has 3 heteroatoms. The zero-order chi connectivity index (χ0) is 17.3. The largest absolute Gasteiger partial charge is 0.300 e. The van der Waals surface area contributed by atoms with Crippen LogP contribution in [-0.4, -0.2) is 17.3 Å². The molecular formula is C21H28O3. The summed E-state index contributed by atoms with van der Waals surface area (Å²) >= 11 is 0. The first kappa shape index (κ1) is 16.2. The number of ketones is 3. The van der Waals surface area contributed by atoms with Gasteiger partial charge in [-0.15, -0.1) is 0 Å². The lowest BCUT2D eigenvalue weighted by molar-refractivity contribution is -0.142. The maximum Gasteiger partial charge on any atom is 0.163 e. The molecule has 0 saturated heterocycles. The fraction of sp³-hybridized carbons (Fsp3) is 0.762. The van der Waals surface area contributed by atoms with Gasteiger partial charge in [-0.25, -0.2) is 0 Å². The SMILES string of the molecule is CC(=O)[C@@H]1CC[C@@H]2[C@H]3CCC4=CC(=O)CC(=O)[C@]4(C)[C@@H]3CC[C@]21C. The second kappa shape index (κ2) is 5.12. The predicted molar refractivity (Wildman–Crippen MR) is 91.3 cm³/mol. The number of carbonyl (C=O) groups excluding carboxylic acids is 3. The van der Waals surface area contributed by atoms with Crippen molar-refractivity contribution in [2.45, 2.75) is 65.7 Å². The Kier molecular flexibility index (Phi) is 3.47. The summed E-state index contributed by atoms with van der Waals surface area (Å²) in [5, 5.41) is 0. The Morgan fingerprint density at radius 1 is 1.08 bits per heavy atom. The van der Waals surface area contributed by atoms with Gasteiger partial charge in [-0.1, -0.05) is 12.5 Å². The third-order valence-electron chi connectivity index (χ3n) is 8.33. The quantitative estimate of drug-likeness (QED) is 0.686. The highest BCUT2D eigenvalue weighted by Gasteiger charge is 2.61. The van der Waals surface area contributed by atoms with Crippen molar-refractivity contribution in [3.8, 4) is 0 Å². The van der Waals surface area contributed by atoms with E-state index in [1.807, 2.05) is 0 Å². The Balaban J connectivity index is 1.71. The van der Waals surface area contributed by atoms with Crippen molar-refractivity contribution in [1.29, 1.82) is 0 Å². The normalized spacial score (nSPS) is 47.5. The van der Waals surface area contributed by atoms with Crippen molar-refractivity contribution in [1.82, 2.24) is 0 Å². The molecule has 4 rings (SSSR count). The molecule has 0 spiro atoms. The van der Waals surface area contributed by atoms with Crippen molar-refractivity contribution in [3.05, 3.63) is 11.6 Å². The number of allylic oxidation sites excluding steroid dienone is 1. The summed E-state index contributed by atoms with van der Waals surface area (Å²) in [5.74, 6) is 2.15. The molecule has 0 aromatic carbocycles. The van der Waals surface area contributed by atoms with Crippen LogP contribution in [0.2, 0.25) is 0 Å². The molecule has 4 aliphatic carbocycles. The van der Waals surface area contributed by atoms with Crippen LogP contribution in [0.15, 0.2) is 11.6 Å². The van der Waals surface area contributed by atoms with Crippen molar-refractivity contribution in [2.24, 2.45) is 34.5 Å². The van der Waals surface area contributed by atoms with Crippen LogP contribution in [0.5, 0.6) is 0 Å². The molecule has 0 radical (unpaired) electrons. The van der Waals surface area contributed by atoms with Gasteiger partial charge in [-0.2, -0.15) is 0 Å². The summed E-state index contributed by atoms with van der Waals surface area (Å²) in [6.45, 7) is 6.18. The molecule has 3 fully saturated rings. The molecule has 24 heavy (non-hydrogen) atoms. The smallest absolute Gasteiger partial charge is 0.163 e. The highest BCUT2D eigenvalue weighted by Crippen LogP contribution is 2.66. The van der Waals surface area contributed by atoms with Gasteiger partial charge in [-0.3, -0.25) is 14.4 Å². The zero-order valence-electron chi connectivity index (χ0n) is 15.1. The number of rotatable bonds is 1. The minimum absolute atomic E-state index is 0.0101. The lowest BCUT2D eigenvalue weighted by Crippen LogP contribution is -2.54. The molecule has 0 bridgehead atoms. The Labute approximate surface area is 144 Å². The second-order valence-electron chi connectivity index (χ2n) is 9.14. The monoisotopic (exact) mass is 328 g/mol. The fourth-order valence-corrected chi connectivity index (χ4v) is 7.09. The molecule has 0 aromatic rings. The van der Waals surface area contributed by atoms with Crippen molar-refractivity contribution in [3.63, 3.8) is 0 Å². The lowest BCUT2D eigenvalue weighted by atomic mass is 9.46. The summed E-state index contributed by atoms with van der Waals surface area (Å²) in [7, 11) is 0. The standard InChI is InChI=1S/C21H28O3/c1-12(22)16-6-7-17-15-5-4-13-10-14(23)11-19(24)21(13,3)18(15)8-9-20(16,17)2/h10,15-18H,4-9,11H2,1-3H3/t15-,16+,17-,18-,20+,21+/m1/s1. The Morgan fingerprint density at radius 2 is 1.83 bits per heavy atom. The second-order valence-corrected chi connectivity index (χ2v) is 9.14. The Morgan fingerprint density at radius 3 is 2.54 bits per heavy atom. The lowest BCUT2D eigenvalue weighted by Gasteiger charge is -2.57. The van der Waals surface area contributed by atoms with E-state index in [-0.39, 0.29) is 29.3 Å². The minimum atomic E-state index is -0.424. The topological polar surface area (TPSA) is 51.2 Å². The molecule has 130 valence electrons. The van der Waals surface area contributed by atoms with Gasteiger partial charge in [0.15, 0.2) is 11.6 Å². The van der Waals surface area contributed by atoms with Crippen LogP contribution in [-0.2, 0) is 14.4 Å². The first-order valence-electron chi connectivity index (χ1n) is 9.56. The van der Waals surface area contributed by atoms with Gasteiger partial charge in [0.05, 0.1) is 11.8 Å². The Bertz CT molecular complexity index is 660. The van der Waals surface area contributed by atoms with Crippen LogP contribution in [0.4, 0.5) is 0 Å². The maximum atomic E-state index is 12.8. The van der Waals surface area contributed by atoms with Gasteiger partial charge in [0.1, 0.15) is 5.78 Å². The fourth-order valence-electron chi connectivity index (χ4n) is 7.09. The molecule has 0 heterocycles. The maximum absolute atomic E-state index is 12.8.